The van der Waals surface area contributed by atoms with Crippen LogP contribution in [-0.2, 0) is 14.3 Å². The molecule has 190 valence electrons. The van der Waals surface area contributed by atoms with Crippen molar-refractivity contribution in [3.05, 3.63) is 35.4 Å². The van der Waals surface area contributed by atoms with E-state index < -0.39 is 29.7 Å². The van der Waals surface area contributed by atoms with Gasteiger partial charge in [0.25, 0.3) is 5.91 Å². The zero-order valence-corrected chi connectivity index (χ0v) is 18.2. The van der Waals surface area contributed by atoms with E-state index >= 15 is 0 Å². The number of alkyl halides is 3. The lowest BCUT2D eigenvalue weighted by Gasteiger charge is -2.30. The molecule has 8 nitrogen and oxygen atoms in total. The van der Waals surface area contributed by atoms with Gasteiger partial charge in [0, 0.05) is 57.9 Å². The zero-order valence-electron chi connectivity index (χ0n) is 18.2. The van der Waals surface area contributed by atoms with Crippen molar-refractivity contribution in [1.29, 1.82) is 0 Å². The van der Waals surface area contributed by atoms with Crippen molar-refractivity contribution < 1.29 is 46.2 Å². The van der Waals surface area contributed by atoms with Crippen LogP contribution in [0.3, 0.4) is 0 Å². The Balaban J connectivity index is 0.000000509. The molecule has 1 unspecified atom stereocenters. The fourth-order valence-corrected chi connectivity index (χ4v) is 3.42. The molecule has 34 heavy (non-hydrogen) atoms. The van der Waals surface area contributed by atoms with Crippen molar-refractivity contribution in [1.82, 2.24) is 15.1 Å². The van der Waals surface area contributed by atoms with Crippen LogP contribution in [0, 0.1) is 11.6 Å². The highest BCUT2D eigenvalue weighted by molar-refractivity contribution is 5.94. The summed E-state index contributed by atoms with van der Waals surface area (Å²) in [6.45, 7) is 4.05. The van der Waals surface area contributed by atoms with Crippen LogP contribution < -0.4 is 5.32 Å². The molecule has 2 N–H and O–H groups in total. The molecule has 0 saturated carbocycles. The third-order valence-electron chi connectivity index (χ3n) is 5.21. The highest BCUT2D eigenvalue weighted by Crippen LogP contribution is 2.17. The molecule has 2 aliphatic heterocycles. The van der Waals surface area contributed by atoms with Crippen LogP contribution in [-0.4, -0.2) is 90.8 Å². The fraction of sp³-hybridized carbons (Fsp3) is 0.571. The Bertz CT molecular complexity index is 856. The third-order valence-corrected chi connectivity index (χ3v) is 5.21. The van der Waals surface area contributed by atoms with E-state index in [1.807, 2.05) is 0 Å². The molecule has 0 spiro atoms. The first-order valence-corrected chi connectivity index (χ1v) is 10.6. The summed E-state index contributed by atoms with van der Waals surface area (Å²) in [5.41, 5.74) is 0.0709. The van der Waals surface area contributed by atoms with E-state index in [1.165, 1.54) is 11.0 Å². The van der Waals surface area contributed by atoms with E-state index in [9.17, 15) is 31.5 Å². The van der Waals surface area contributed by atoms with Gasteiger partial charge in [-0.1, -0.05) is 0 Å². The maximum atomic E-state index is 13.5. The standard InChI is InChI=1S/C19H25F2N3O3.C2HF3O2/c20-16-4-3-14(12-17(16)21)19(26)24(13-15-2-1-11-27-15)8-5-18(25)23-9-6-22-7-10-23;3-2(4,5)1(6)7/h3-4,12,15,22H,1-2,5-11,13H2;(H,6,7). The number of carboxylic acid groups (broad SMARTS) is 1. The van der Waals surface area contributed by atoms with Gasteiger partial charge in [0.05, 0.1) is 6.10 Å². The molecule has 1 aromatic rings. The molecule has 1 atom stereocenters. The fourth-order valence-electron chi connectivity index (χ4n) is 3.42. The molecular weight excluding hydrogens is 469 g/mol. The maximum absolute atomic E-state index is 13.5. The Labute approximate surface area is 192 Å². The average molecular weight is 495 g/mol. The molecule has 2 saturated heterocycles. The Morgan fingerprint density at radius 2 is 1.79 bits per heavy atom. The number of nitrogens with one attached hydrogen (secondary N) is 1. The second-order valence-corrected chi connectivity index (χ2v) is 7.70. The number of benzene rings is 1. The largest absolute Gasteiger partial charge is 0.490 e. The van der Waals surface area contributed by atoms with Gasteiger partial charge in [-0.15, -0.1) is 0 Å². The molecule has 0 aromatic heterocycles. The lowest BCUT2D eigenvalue weighted by Crippen LogP contribution is -2.47. The first-order valence-electron chi connectivity index (χ1n) is 10.6. The molecule has 1 aromatic carbocycles. The Morgan fingerprint density at radius 1 is 1.15 bits per heavy atom. The summed E-state index contributed by atoms with van der Waals surface area (Å²) < 4.78 is 64.0. The average Bonchev–Trinajstić information content (AvgIpc) is 3.31. The lowest BCUT2D eigenvalue weighted by molar-refractivity contribution is -0.192. The van der Waals surface area contributed by atoms with Gasteiger partial charge in [-0.05, 0) is 31.0 Å². The molecule has 2 amide bonds. The van der Waals surface area contributed by atoms with Crippen molar-refractivity contribution in [2.45, 2.75) is 31.5 Å². The number of rotatable bonds is 6. The summed E-state index contributed by atoms with van der Waals surface area (Å²) >= 11 is 0. The molecule has 2 aliphatic rings. The zero-order chi connectivity index (χ0) is 25.3. The minimum absolute atomic E-state index is 0.00748. The summed E-state index contributed by atoms with van der Waals surface area (Å²) in [7, 11) is 0. The predicted octanol–water partition coefficient (Wildman–Crippen LogP) is 2.04. The Hall–Kier alpha value is -2.80. The van der Waals surface area contributed by atoms with Crippen LogP contribution in [0.4, 0.5) is 22.0 Å². The van der Waals surface area contributed by atoms with Crippen LogP contribution in [0.2, 0.25) is 0 Å². The number of piperazine rings is 1. The Kier molecular flexibility index (Phi) is 10.2. The van der Waals surface area contributed by atoms with Gasteiger partial charge in [0.1, 0.15) is 0 Å². The third kappa shape index (κ3) is 8.52. The summed E-state index contributed by atoms with van der Waals surface area (Å²) in [5.74, 6) is -5.24. The van der Waals surface area contributed by atoms with Crippen LogP contribution in [0.25, 0.3) is 0 Å². The van der Waals surface area contributed by atoms with E-state index in [2.05, 4.69) is 5.32 Å². The lowest BCUT2D eigenvalue weighted by atomic mass is 10.1. The number of carbonyl (C=O) groups excluding carboxylic acids is 2. The van der Waals surface area contributed by atoms with Gasteiger partial charge >= 0.3 is 12.1 Å². The number of amides is 2. The van der Waals surface area contributed by atoms with E-state index in [1.54, 1.807) is 4.90 Å². The number of carbonyl (C=O) groups is 3. The first kappa shape index (κ1) is 27.4. The number of hydrogen-bond donors (Lipinski definition) is 2. The van der Waals surface area contributed by atoms with Gasteiger partial charge in [-0.25, -0.2) is 13.6 Å². The minimum Gasteiger partial charge on any atom is -0.475 e. The van der Waals surface area contributed by atoms with Crippen LogP contribution in [0.1, 0.15) is 29.6 Å². The van der Waals surface area contributed by atoms with Gasteiger partial charge in [0.15, 0.2) is 11.6 Å². The minimum atomic E-state index is -5.08. The van der Waals surface area contributed by atoms with Gasteiger partial charge in [-0.2, -0.15) is 13.2 Å². The van der Waals surface area contributed by atoms with Crippen molar-refractivity contribution in [2.75, 3.05) is 45.9 Å². The molecule has 13 heteroatoms. The van der Waals surface area contributed by atoms with Crippen molar-refractivity contribution >= 4 is 17.8 Å². The van der Waals surface area contributed by atoms with Gasteiger partial charge in [0.2, 0.25) is 5.91 Å². The van der Waals surface area contributed by atoms with Gasteiger partial charge in [-0.3, -0.25) is 9.59 Å². The van der Waals surface area contributed by atoms with Crippen molar-refractivity contribution in [3.63, 3.8) is 0 Å². The topological polar surface area (TPSA) is 99.2 Å². The number of carboxylic acids is 1. The molecule has 0 bridgehead atoms. The van der Waals surface area contributed by atoms with Crippen molar-refractivity contribution in [3.8, 4) is 0 Å². The highest BCUT2D eigenvalue weighted by Gasteiger charge is 2.38. The first-order chi connectivity index (χ1) is 16.0. The van der Waals surface area contributed by atoms with E-state index in [-0.39, 0.29) is 30.5 Å². The second-order valence-electron chi connectivity index (χ2n) is 7.70. The van der Waals surface area contributed by atoms with Crippen LogP contribution >= 0.6 is 0 Å². The Morgan fingerprint density at radius 3 is 2.32 bits per heavy atom. The molecular formula is C21H26F5N3O5. The highest BCUT2D eigenvalue weighted by atomic mass is 19.4. The number of hydrogen-bond acceptors (Lipinski definition) is 5. The SMILES string of the molecule is O=C(CCN(CC1CCCO1)C(=O)c1ccc(F)c(F)c1)N1CCNCC1.O=C(O)C(F)(F)F. The monoisotopic (exact) mass is 495 g/mol. The van der Waals surface area contributed by atoms with Crippen LogP contribution in [0.15, 0.2) is 18.2 Å². The predicted molar refractivity (Wildman–Crippen MR) is 109 cm³/mol. The summed E-state index contributed by atoms with van der Waals surface area (Å²) in [6, 6.07) is 3.11. The second kappa shape index (κ2) is 12.6. The number of nitrogens with zero attached hydrogens (tertiary/aromatic N) is 2. The normalized spacial score (nSPS) is 18.1. The van der Waals surface area contributed by atoms with Crippen molar-refractivity contribution in [2.24, 2.45) is 0 Å². The quantitative estimate of drug-likeness (QED) is 0.587. The van der Waals surface area contributed by atoms with E-state index in [4.69, 9.17) is 14.6 Å². The summed E-state index contributed by atoms with van der Waals surface area (Å²) in [5, 5.41) is 10.3. The smallest absolute Gasteiger partial charge is 0.475 e. The summed E-state index contributed by atoms with van der Waals surface area (Å²) in [4.78, 5) is 37.4. The number of aliphatic carboxylic acids is 1. The molecule has 2 fully saturated rings. The molecule has 2 heterocycles. The number of ether oxygens (including phenoxy) is 1. The maximum Gasteiger partial charge on any atom is 0.490 e. The van der Waals surface area contributed by atoms with Gasteiger partial charge < -0.3 is 25.0 Å². The molecule has 0 aliphatic carbocycles. The van der Waals surface area contributed by atoms with E-state index in [0.717, 1.165) is 38.1 Å². The number of halogens is 5. The molecule has 0 radical (unpaired) electrons. The summed E-state index contributed by atoms with van der Waals surface area (Å²) in [6.07, 6.45) is -3.21. The van der Waals surface area contributed by atoms with E-state index in [0.29, 0.717) is 26.2 Å². The molecule has 3 rings (SSSR count). The van der Waals surface area contributed by atoms with Crippen LogP contribution in [0.5, 0.6) is 0 Å².